The Hall–Kier alpha value is -2.62. The number of aromatic nitrogens is 2. The molecule has 1 aromatic heterocycles. The van der Waals surface area contributed by atoms with Crippen LogP contribution < -0.4 is 9.64 Å². The van der Waals surface area contributed by atoms with E-state index in [1.54, 1.807) is 6.33 Å². The van der Waals surface area contributed by atoms with Gasteiger partial charge < -0.3 is 9.64 Å². The minimum Gasteiger partial charge on any atom is -0.492 e. The highest BCUT2D eigenvalue weighted by atomic mass is 16.5. The monoisotopic (exact) mass is 279 g/mol. The molecule has 3 rings (SSSR count). The standard InChI is InChI=1S/C17H17N3O/c1-20(11-12-21-14-7-3-2-4-8-14)17-15-9-5-6-10-16(15)18-13-19-17/h2-10,13H,11-12H2,1H3. The van der Waals surface area contributed by atoms with Crippen LogP contribution in [0.1, 0.15) is 0 Å². The smallest absolute Gasteiger partial charge is 0.139 e. The Bertz CT molecular complexity index is 710. The Morgan fingerprint density at radius 2 is 1.71 bits per heavy atom. The van der Waals surface area contributed by atoms with Crippen molar-refractivity contribution in [1.29, 1.82) is 0 Å². The lowest BCUT2D eigenvalue weighted by atomic mass is 10.2. The van der Waals surface area contributed by atoms with Gasteiger partial charge in [-0.25, -0.2) is 9.97 Å². The molecule has 0 unspecified atom stereocenters. The highest BCUT2D eigenvalue weighted by molar-refractivity contribution is 5.89. The van der Waals surface area contributed by atoms with E-state index < -0.39 is 0 Å². The second-order valence-electron chi connectivity index (χ2n) is 4.80. The van der Waals surface area contributed by atoms with Crippen molar-refractivity contribution in [2.45, 2.75) is 0 Å². The Labute approximate surface area is 124 Å². The Balaban J connectivity index is 1.68. The van der Waals surface area contributed by atoms with Crippen LogP contribution >= 0.6 is 0 Å². The summed E-state index contributed by atoms with van der Waals surface area (Å²) < 4.78 is 5.73. The molecular weight excluding hydrogens is 262 g/mol. The molecule has 0 aliphatic heterocycles. The van der Waals surface area contributed by atoms with Crippen LogP contribution in [0.15, 0.2) is 60.9 Å². The minimum atomic E-state index is 0.610. The number of rotatable bonds is 5. The molecule has 3 aromatic rings. The molecule has 0 saturated carbocycles. The fourth-order valence-corrected chi connectivity index (χ4v) is 2.22. The summed E-state index contributed by atoms with van der Waals surface area (Å²) in [6, 6.07) is 17.9. The number of likely N-dealkylation sites (N-methyl/N-ethyl adjacent to an activating group) is 1. The van der Waals surface area contributed by atoms with Crippen LogP contribution in [0.5, 0.6) is 5.75 Å². The van der Waals surface area contributed by atoms with Crippen molar-refractivity contribution in [2.24, 2.45) is 0 Å². The van der Waals surface area contributed by atoms with Crippen LogP contribution in [0, 0.1) is 0 Å². The third-order valence-corrected chi connectivity index (χ3v) is 3.32. The van der Waals surface area contributed by atoms with Gasteiger partial charge in [-0.1, -0.05) is 30.3 Å². The number of ether oxygens (including phenoxy) is 1. The van der Waals surface area contributed by atoms with E-state index in [0.29, 0.717) is 6.61 Å². The Kier molecular flexibility index (Phi) is 3.96. The lowest BCUT2D eigenvalue weighted by Crippen LogP contribution is -2.24. The summed E-state index contributed by atoms with van der Waals surface area (Å²) >= 11 is 0. The van der Waals surface area contributed by atoms with Crippen molar-refractivity contribution in [3.05, 3.63) is 60.9 Å². The van der Waals surface area contributed by atoms with E-state index in [9.17, 15) is 0 Å². The first kappa shape index (κ1) is 13.4. The summed E-state index contributed by atoms with van der Waals surface area (Å²) in [6.07, 6.45) is 1.60. The van der Waals surface area contributed by atoms with Crippen LogP contribution in [-0.2, 0) is 0 Å². The number of nitrogens with zero attached hydrogens (tertiary/aromatic N) is 3. The molecule has 1 heterocycles. The van der Waals surface area contributed by atoms with Gasteiger partial charge in [0.05, 0.1) is 12.1 Å². The fourth-order valence-electron chi connectivity index (χ4n) is 2.22. The van der Waals surface area contributed by atoms with Gasteiger partial charge in [0.1, 0.15) is 24.5 Å². The van der Waals surface area contributed by atoms with Crippen molar-refractivity contribution < 1.29 is 4.74 Å². The summed E-state index contributed by atoms with van der Waals surface area (Å²) in [5.74, 6) is 1.82. The molecule has 0 radical (unpaired) electrons. The van der Waals surface area contributed by atoms with Crippen LogP contribution in [0.25, 0.3) is 10.9 Å². The zero-order valence-corrected chi connectivity index (χ0v) is 11.9. The first-order chi connectivity index (χ1) is 10.3. The van der Waals surface area contributed by atoms with Gasteiger partial charge in [-0.3, -0.25) is 0 Å². The average molecular weight is 279 g/mol. The van der Waals surface area contributed by atoms with E-state index >= 15 is 0 Å². The second-order valence-corrected chi connectivity index (χ2v) is 4.80. The normalized spacial score (nSPS) is 10.5. The molecule has 0 bridgehead atoms. The van der Waals surface area contributed by atoms with Crippen LogP contribution in [0.4, 0.5) is 5.82 Å². The molecule has 0 amide bonds. The Morgan fingerprint density at radius 3 is 2.57 bits per heavy atom. The van der Waals surface area contributed by atoms with Crippen molar-refractivity contribution >= 4 is 16.7 Å². The lowest BCUT2D eigenvalue weighted by Gasteiger charge is -2.19. The number of hydrogen-bond donors (Lipinski definition) is 0. The number of benzene rings is 2. The molecule has 4 nitrogen and oxygen atoms in total. The Morgan fingerprint density at radius 1 is 0.952 bits per heavy atom. The molecule has 0 atom stereocenters. The first-order valence-corrected chi connectivity index (χ1v) is 6.93. The molecule has 0 spiro atoms. The quantitative estimate of drug-likeness (QED) is 0.719. The third-order valence-electron chi connectivity index (χ3n) is 3.32. The zero-order valence-electron chi connectivity index (χ0n) is 11.9. The van der Waals surface area contributed by atoms with E-state index in [4.69, 9.17) is 4.74 Å². The maximum Gasteiger partial charge on any atom is 0.139 e. The van der Waals surface area contributed by atoms with E-state index in [0.717, 1.165) is 29.0 Å². The predicted octanol–water partition coefficient (Wildman–Crippen LogP) is 3.15. The van der Waals surface area contributed by atoms with E-state index in [1.807, 2.05) is 61.6 Å². The van der Waals surface area contributed by atoms with Crippen LogP contribution in [0.3, 0.4) is 0 Å². The van der Waals surface area contributed by atoms with Gasteiger partial charge in [-0.2, -0.15) is 0 Å². The van der Waals surface area contributed by atoms with Crippen molar-refractivity contribution in [3.8, 4) is 5.75 Å². The van der Waals surface area contributed by atoms with Crippen LogP contribution in [0.2, 0.25) is 0 Å². The third kappa shape index (κ3) is 3.11. The first-order valence-electron chi connectivity index (χ1n) is 6.93. The van der Waals surface area contributed by atoms with Gasteiger partial charge in [0, 0.05) is 12.4 Å². The SMILES string of the molecule is CN(CCOc1ccccc1)c1ncnc2ccccc12. The number of hydrogen-bond acceptors (Lipinski definition) is 4. The van der Waals surface area contributed by atoms with Crippen LogP contribution in [-0.4, -0.2) is 30.2 Å². The molecule has 0 saturated heterocycles. The number of para-hydroxylation sites is 2. The fraction of sp³-hybridized carbons (Fsp3) is 0.176. The molecular formula is C17H17N3O. The zero-order chi connectivity index (χ0) is 14.5. The largest absolute Gasteiger partial charge is 0.492 e. The van der Waals surface area contributed by atoms with Gasteiger partial charge in [-0.15, -0.1) is 0 Å². The molecule has 2 aromatic carbocycles. The molecule has 106 valence electrons. The molecule has 0 N–H and O–H groups in total. The van der Waals surface area contributed by atoms with E-state index in [-0.39, 0.29) is 0 Å². The molecule has 4 heteroatoms. The predicted molar refractivity (Wildman–Crippen MR) is 84.7 cm³/mol. The lowest BCUT2D eigenvalue weighted by molar-refractivity contribution is 0.326. The highest BCUT2D eigenvalue weighted by Crippen LogP contribution is 2.21. The van der Waals surface area contributed by atoms with Crippen molar-refractivity contribution in [1.82, 2.24) is 9.97 Å². The van der Waals surface area contributed by atoms with Gasteiger partial charge in [0.2, 0.25) is 0 Å². The summed E-state index contributed by atoms with van der Waals surface area (Å²) in [7, 11) is 2.02. The summed E-state index contributed by atoms with van der Waals surface area (Å²) in [6.45, 7) is 1.37. The molecule has 21 heavy (non-hydrogen) atoms. The molecule has 0 fully saturated rings. The van der Waals surface area contributed by atoms with Crippen molar-refractivity contribution in [2.75, 3.05) is 25.1 Å². The summed E-state index contributed by atoms with van der Waals surface area (Å²) in [5.41, 5.74) is 0.957. The van der Waals surface area contributed by atoms with E-state index in [2.05, 4.69) is 14.9 Å². The molecule has 0 aliphatic carbocycles. The molecule has 0 aliphatic rings. The maximum absolute atomic E-state index is 5.73. The van der Waals surface area contributed by atoms with Crippen molar-refractivity contribution in [3.63, 3.8) is 0 Å². The van der Waals surface area contributed by atoms with Gasteiger partial charge in [0.15, 0.2) is 0 Å². The van der Waals surface area contributed by atoms with E-state index in [1.165, 1.54) is 0 Å². The summed E-state index contributed by atoms with van der Waals surface area (Å²) in [4.78, 5) is 10.8. The topological polar surface area (TPSA) is 38.2 Å². The summed E-state index contributed by atoms with van der Waals surface area (Å²) in [5, 5.41) is 1.06. The van der Waals surface area contributed by atoms with Gasteiger partial charge in [0.25, 0.3) is 0 Å². The van der Waals surface area contributed by atoms with Gasteiger partial charge >= 0.3 is 0 Å². The maximum atomic E-state index is 5.73. The number of fused-ring (bicyclic) bond motifs is 1. The minimum absolute atomic E-state index is 0.610. The van der Waals surface area contributed by atoms with Gasteiger partial charge in [-0.05, 0) is 24.3 Å². The number of anilines is 1. The average Bonchev–Trinajstić information content (AvgIpc) is 2.55. The highest BCUT2D eigenvalue weighted by Gasteiger charge is 2.07. The second kappa shape index (κ2) is 6.22.